The van der Waals surface area contributed by atoms with Gasteiger partial charge in [0.15, 0.2) is 0 Å². The fraction of sp³-hybridized carbons (Fsp3) is 0.417. The molecule has 0 saturated heterocycles. The molecule has 34 heavy (non-hydrogen) atoms. The molecule has 0 aliphatic heterocycles. The van der Waals surface area contributed by atoms with E-state index in [1.165, 1.54) is 36.2 Å². The zero-order valence-electron chi connectivity index (χ0n) is 20.0. The monoisotopic (exact) mass is 527 g/mol. The maximum absolute atomic E-state index is 13.4. The van der Waals surface area contributed by atoms with Gasteiger partial charge in [0.2, 0.25) is 21.8 Å². The molecule has 10 heteroatoms. The Balaban J connectivity index is 2.34. The normalized spacial score (nSPS) is 12.9. The Hall–Kier alpha value is -2.13. The Labute approximate surface area is 212 Å². The highest BCUT2D eigenvalue weighted by atomic mass is 35.5. The van der Waals surface area contributed by atoms with E-state index < -0.39 is 34.1 Å². The molecule has 0 spiro atoms. The molecule has 2 aromatic rings. The van der Waals surface area contributed by atoms with Crippen molar-refractivity contribution in [2.24, 2.45) is 0 Å². The minimum atomic E-state index is -3.94. The van der Waals surface area contributed by atoms with E-state index in [4.69, 9.17) is 23.2 Å². The lowest BCUT2D eigenvalue weighted by molar-refractivity contribution is -0.142. The summed E-state index contributed by atoms with van der Waals surface area (Å²) in [5.41, 5.74) is 0.275. The number of benzene rings is 2. The van der Waals surface area contributed by atoms with Crippen molar-refractivity contribution in [3.05, 3.63) is 64.1 Å². The van der Waals surface area contributed by atoms with Gasteiger partial charge >= 0.3 is 0 Å². The van der Waals surface area contributed by atoms with Crippen LogP contribution in [0.4, 0.5) is 0 Å². The van der Waals surface area contributed by atoms with Gasteiger partial charge in [-0.2, -0.15) is 4.31 Å². The Morgan fingerprint density at radius 1 is 0.971 bits per heavy atom. The average molecular weight is 529 g/mol. The number of rotatable bonds is 9. The summed E-state index contributed by atoms with van der Waals surface area (Å²) < 4.78 is 26.9. The molecule has 0 fully saturated rings. The second-order valence-corrected chi connectivity index (χ2v) is 11.9. The van der Waals surface area contributed by atoms with Crippen LogP contribution in [-0.4, -0.2) is 54.6 Å². The van der Waals surface area contributed by atoms with Crippen LogP contribution in [0.5, 0.6) is 0 Å². The minimum Gasteiger partial charge on any atom is -0.350 e. The first-order chi connectivity index (χ1) is 15.7. The first-order valence-electron chi connectivity index (χ1n) is 10.8. The lowest BCUT2D eigenvalue weighted by atomic mass is 10.1. The zero-order chi connectivity index (χ0) is 25.7. The largest absolute Gasteiger partial charge is 0.350 e. The summed E-state index contributed by atoms with van der Waals surface area (Å²) in [5, 5.41) is 3.87. The summed E-state index contributed by atoms with van der Waals surface area (Å²) in [7, 11) is -2.60. The van der Waals surface area contributed by atoms with E-state index in [2.05, 4.69) is 5.32 Å². The van der Waals surface area contributed by atoms with Crippen LogP contribution in [0, 0.1) is 0 Å². The molecule has 0 radical (unpaired) electrons. The number of nitrogens with one attached hydrogen (secondary N) is 1. The first-order valence-corrected chi connectivity index (χ1v) is 13.0. The van der Waals surface area contributed by atoms with Crippen LogP contribution in [-0.2, 0) is 26.2 Å². The smallest absolute Gasteiger partial charge is 0.243 e. The van der Waals surface area contributed by atoms with E-state index in [0.29, 0.717) is 16.5 Å². The standard InChI is InChI=1S/C24H31Cl2N3O4S/c1-6-21(23(31)27-24(2,3)4)29(15-17-7-9-18(25)10-8-17)22(30)16-28(5)34(32,33)20-13-11-19(26)12-14-20/h7-14,21H,6,15-16H2,1-5H3,(H,27,31)/t21-/m1/s1. The van der Waals surface area contributed by atoms with Crippen LogP contribution in [0.1, 0.15) is 39.7 Å². The Bertz CT molecular complexity index is 1100. The van der Waals surface area contributed by atoms with Crippen molar-refractivity contribution in [3.63, 3.8) is 0 Å². The van der Waals surface area contributed by atoms with Crippen molar-refractivity contribution in [1.29, 1.82) is 0 Å². The molecule has 1 N–H and O–H groups in total. The summed E-state index contributed by atoms with van der Waals surface area (Å²) in [5.74, 6) is -0.800. The van der Waals surface area contributed by atoms with Crippen LogP contribution in [0.3, 0.4) is 0 Å². The van der Waals surface area contributed by atoms with Gasteiger partial charge in [-0.25, -0.2) is 8.42 Å². The number of hydrogen-bond acceptors (Lipinski definition) is 4. The highest BCUT2D eigenvalue weighted by Crippen LogP contribution is 2.20. The fourth-order valence-electron chi connectivity index (χ4n) is 3.31. The Morgan fingerprint density at radius 3 is 1.94 bits per heavy atom. The lowest BCUT2D eigenvalue weighted by Gasteiger charge is -2.34. The highest BCUT2D eigenvalue weighted by molar-refractivity contribution is 7.89. The van der Waals surface area contributed by atoms with Crippen LogP contribution in [0.2, 0.25) is 10.0 Å². The number of nitrogens with zero attached hydrogens (tertiary/aromatic N) is 2. The van der Waals surface area contributed by atoms with Crippen molar-refractivity contribution in [2.75, 3.05) is 13.6 Å². The number of hydrogen-bond donors (Lipinski definition) is 1. The van der Waals surface area contributed by atoms with Crippen molar-refractivity contribution in [1.82, 2.24) is 14.5 Å². The van der Waals surface area contributed by atoms with Gasteiger partial charge in [-0.1, -0.05) is 42.3 Å². The van der Waals surface area contributed by atoms with Gasteiger partial charge in [0, 0.05) is 29.2 Å². The number of sulfonamides is 1. The molecule has 0 aliphatic rings. The highest BCUT2D eigenvalue weighted by Gasteiger charge is 2.33. The first kappa shape index (κ1) is 28.1. The molecule has 0 aliphatic carbocycles. The van der Waals surface area contributed by atoms with Crippen molar-refractivity contribution in [2.45, 2.75) is 57.1 Å². The van der Waals surface area contributed by atoms with Gasteiger partial charge in [-0.3, -0.25) is 9.59 Å². The van der Waals surface area contributed by atoms with E-state index >= 15 is 0 Å². The molecule has 2 aromatic carbocycles. The quantitative estimate of drug-likeness (QED) is 0.525. The van der Waals surface area contributed by atoms with Gasteiger partial charge in [-0.15, -0.1) is 0 Å². The fourth-order valence-corrected chi connectivity index (χ4v) is 4.68. The molecule has 2 rings (SSSR count). The maximum Gasteiger partial charge on any atom is 0.243 e. The topological polar surface area (TPSA) is 86.8 Å². The molecule has 2 amide bonds. The molecule has 0 heterocycles. The third-order valence-corrected chi connectivity index (χ3v) is 7.35. The van der Waals surface area contributed by atoms with E-state index in [1.807, 2.05) is 27.7 Å². The van der Waals surface area contributed by atoms with E-state index in [0.717, 1.165) is 9.87 Å². The summed E-state index contributed by atoms with van der Waals surface area (Å²) in [6.07, 6.45) is 0.356. The van der Waals surface area contributed by atoms with E-state index in [1.54, 1.807) is 24.3 Å². The molecule has 0 saturated carbocycles. The van der Waals surface area contributed by atoms with Crippen molar-refractivity contribution >= 4 is 45.0 Å². The number of halogens is 2. The molecule has 0 aromatic heterocycles. The summed E-state index contributed by atoms with van der Waals surface area (Å²) in [6, 6.07) is 11.9. The van der Waals surface area contributed by atoms with Gasteiger partial charge < -0.3 is 10.2 Å². The molecular formula is C24H31Cl2N3O4S. The molecular weight excluding hydrogens is 497 g/mol. The van der Waals surface area contributed by atoms with Crippen LogP contribution < -0.4 is 5.32 Å². The van der Waals surface area contributed by atoms with Crippen molar-refractivity contribution in [3.8, 4) is 0 Å². The summed E-state index contributed by atoms with van der Waals surface area (Å²) in [4.78, 5) is 27.9. The summed E-state index contributed by atoms with van der Waals surface area (Å²) >= 11 is 11.8. The third kappa shape index (κ3) is 7.70. The van der Waals surface area contributed by atoms with Crippen LogP contribution in [0.25, 0.3) is 0 Å². The molecule has 1 atom stereocenters. The molecule has 7 nitrogen and oxygen atoms in total. The van der Waals surface area contributed by atoms with Crippen molar-refractivity contribution < 1.29 is 18.0 Å². The lowest BCUT2D eigenvalue weighted by Crippen LogP contribution is -2.55. The predicted molar refractivity (Wildman–Crippen MR) is 135 cm³/mol. The second kappa shape index (κ2) is 11.5. The molecule has 0 bridgehead atoms. The SMILES string of the molecule is CC[C@H](C(=O)NC(C)(C)C)N(Cc1ccc(Cl)cc1)C(=O)CN(C)S(=O)(=O)c1ccc(Cl)cc1. The van der Waals surface area contributed by atoms with Gasteiger partial charge in [0.1, 0.15) is 6.04 Å². The summed E-state index contributed by atoms with van der Waals surface area (Å²) in [6.45, 7) is 7.07. The third-order valence-electron chi connectivity index (χ3n) is 5.03. The van der Waals surface area contributed by atoms with Gasteiger partial charge in [0.05, 0.1) is 11.4 Å². The minimum absolute atomic E-state index is 0.0222. The average Bonchev–Trinajstić information content (AvgIpc) is 2.74. The number of likely N-dealkylation sites (N-methyl/N-ethyl adjacent to an activating group) is 1. The maximum atomic E-state index is 13.4. The molecule has 0 unspecified atom stereocenters. The van der Waals surface area contributed by atoms with Gasteiger partial charge in [0.25, 0.3) is 0 Å². The van der Waals surface area contributed by atoms with Gasteiger partial charge in [-0.05, 0) is 69.2 Å². The number of amides is 2. The predicted octanol–water partition coefficient (Wildman–Crippen LogP) is 4.34. The van der Waals surface area contributed by atoms with Crippen LogP contribution in [0.15, 0.2) is 53.4 Å². The number of carbonyl (C=O) groups is 2. The Morgan fingerprint density at radius 2 is 1.47 bits per heavy atom. The second-order valence-electron chi connectivity index (χ2n) is 9.03. The zero-order valence-corrected chi connectivity index (χ0v) is 22.3. The van der Waals surface area contributed by atoms with E-state index in [9.17, 15) is 18.0 Å². The Kier molecular flexibility index (Phi) is 9.53. The number of carbonyl (C=O) groups excluding carboxylic acids is 2. The molecule has 186 valence electrons. The van der Waals surface area contributed by atoms with Crippen LogP contribution >= 0.6 is 23.2 Å². The van der Waals surface area contributed by atoms with E-state index in [-0.39, 0.29) is 17.3 Å².